The van der Waals surface area contributed by atoms with Crippen LogP contribution in [0.2, 0.25) is 0 Å². The lowest BCUT2D eigenvalue weighted by atomic mass is 9.99. The smallest absolute Gasteiger partial charge is 0.0957 e. The van der Waals surface area contributed by atoms with Crippen LogP contribution >= 0.6 is 12.4 Å². The van der Waals surface area contributed by atoms with Crippen molar-refractivity contribution in [2.24, 2.45) is 0 Å². The van der Waals surface area contributed by atoms with Crippen molar-refractivity contribution in [3.8, 4) is 0 Å². The Morgan fingerprint density at radius 2 is 1.79 bits per heavy atom. The molecular formula is C11H18ClNO. The van der Waals surface area contributed by atoms with Crippen LogP contribution in [0.1, 0.15) is 19.4 Å². The molecule has 0 amide bonds. The predicted octanol–water partition coefficient (Wildman–Crippen LogP) is 2.99. The van der Waals surface area contributed by atoms with Gasteiger partial charge in [-0.25, -0.2) is 0 Å². The van der Waals surface area contributed by atoms with Gasteiger partial charge in [-0.2, -0.15) is 0 Å². The van der Waals surface area contributed by atoms with Gasteiger partial charge >= 0.3 is 0 Å². The minimum absolute atomic E-state index is 0. The maximum atomic E-state index is 5.51. The van der Waals surface area contributed by atoms with Crippen LogP contribution < -0.4 is 6.15 Å². The zero-order chi connectivity index (χ0) is 8.60. The SMILES string of the molecule is CC1OC1(C)Cc1ccccc1.Cl.N. The molecule has 0 bridgehead atoms. The van der Waals surface area contributed by atoms with E-state index in [1.54, 1.807) is 0 Å². The standard InChI is InChI=1S/C11H14O.ClH.H3N/c1-9-11(2,12-9)8-10-6-4-3-5-7-10;;/h3-7,9H,8H2,1-2H3;1H;1H3. The van der Waals surface area contributed by atoms with Gasteiger partial charge in [-0.05, 0) is 19.4 Å². The van der Waals surface area contributed by atoms with E-state index in [9.17, 15) is 0 Å². The first-order valence-electron chi connectivity index (χ1n) is 4.42. The number of hydrogen-bond acceptors (Lipinski definition) is 2. The van der Waals surface area contributed by atoms with Crippen LogP contribution in [0.5, 0.6) is 0 Å². The Kier molecular flexibility index (Phi) is 4.59. The van der Waals surface area contributed by atoms with Gasteiger partial charge in [0.15, 0.2) is 0 Å². The molecule has 1 fully saturated rings. The molecule has 1 saturated heterocycles. The van der Waals surface area contributed by atoms with E-state index in [1.165, 1.54) is 5.56 Å². The summed E-state index contributed by atoms with van der Waals surface area (Å²) in [5.41, 5.74) is 1.48. The molecule has 1 aliphatic heterocycles. The lowest BCUT2D eigenvalue weighted by molar-refractivity contribution is 0.310. The molecule has 1 aromatic rings. The Labute approximate surface area is 91.7 Å². The second kappa shape index (κ2) is 4.78. The largest absolute Gasteiger partial charge is 0.366 e. The molecule has 80 valence electrons. The summed E-state index contributed by atoms with van der Waals surface area (Å²) in [7, 11) is 0. The highest BCUT2D eigenvalue weighted by Gasteiger charge is 2.48. The van der Waals surface area contributed by atoms with Gasteiger partial charge in [0.25, 0.3) is 0 Å². The lowest BCUT2D eigenvalue weighted by Crippen LogP contribution is -2.11. The summed E-state index contributed by atoms with van der Waals surface area (Å²) in [6, 6.07) is 10.5. The Bertz CT molecular complexity index is 278. The normalized spacial score (nSPS) is 28.6. The quantitative estimate of drug-likeness (QED) is 0.771. The Morgan fingerprint density at radius 1 is 1.29 bits per heavy atom. The van der Waals surface area contributed by atoms with Gasteiger partial charge in [0.2, 0.25) is 0 Å². The molecule has 3 N–H and O–H groups in total. The van der Waals surface area contributed by atoms with Crippen molar-refractivity contribution in [1.29, 1.82) is 0 Å². The Morgan fingerprint density at radius 3 is 2.21 bits per heavy atom. The summed E-state index contributed by atoms with van der Waals surface area (Å²) in [5, 5.41) is 0. The van der Waals surface area contributed by atoms with Crippen LogP contribution in [0.3, 0.4) is 0 Å². The van der Waals surface area contributed by atoms with E-state index in [0.29, 0.717) is 6.10 Å². The third-order valence-electron chi connectivity index (χ3n) is 2.65. The number of benzene rings is 1. The van der Waals surface area contributed by atoms with E-state index in [1.807, 2.05) is 6.07 Å². The molecule has 0 spiro atoms. The third-order valence-corrected chi connectivity index (χ3v) is 2.65. The van der Waals surface area contributed by atoms with Crippen molar-refractivity contribution in [3.63, 3.8) is 0 Å². The molecule has 2 nitrogen and oxygen atoms in total. The molecule has 14 heavy (non-hydrogen) atoms. The van der Waals surface area contributed by atoms with Crippen LogP contribution in [0.15, 0.2) is 30.3 Å². The van der Waals surface area contributed by atoms with Gasteiger partial charge < -0.3 is 10.9 Å². The Hall–Kier alpha value is -0.570. The second-order valence-electron chi connectivity index (χ2n) is 3.74. The van der Waals surface area contributed by atoms with Crippen molar-refractivity contribution >= 4 is 12.4 Å². The Balaban J connectivity index is 0.000000845. The fourth-order valence-electron chi connectivity index (χ4n) is 1.56. The zero-order valence-corrected chi connectivity index (χ0v) is 9.51. The van der Waals surface area contributed by atoms with Gasteiger partial charge in [-0.1, -0.05) is 30.3 Å². The summed E-state index contributed by atoms with van der Waals surface area (Å²) in [6.45, 7) is 4.30. The van der Waals surface area contributed by atoms with Gasteiger partial charge in [0.05, 0.1) is 11.7 Å². The highest BCUT2D eigenvalue weighted by Crippen LogP contribution is 2.38. The fourth-order valence-corrected chi connectivity index (χ4v) is 1.56. The van der Waals surface area contributed by atoms with E-state index in [0.717, 1.165) is 6.42 Å². The lowest BCUT2D eigenvalue weighted by Gasteiger charge is -2.04. The molecule has 0 aliphatic carbocycles. The first-order valence-corrected chi connectivity index (χ1v) is 4.42. The van der Waals surface area contributed by atoms with Gasteiger partial charge in [-0.15, -0.1) is 12.4 Å². The first kappa shape index (κ1) is 13.4. The molecule has 2 unspecified atom stereocenters. The van der Waals surface area contributed by atoms with Crippen LogP contribution in [0.25, 0.3) is 0 Å². The summed E-state index contributed by atoms with van der Waals surface area (Å²) < 4.78 is 5.51. The maximum Gasteiger partial charge on any atom is 0.0957 e. The van der Waals surface area contributed by atoms with E-state index >= 15 is 0 Å². The third kappa shape index (κ3) is 2.71. The van der Waals surface area contributed by atoms with E-state index in [-0.39, 0.29) is 24.2 Å². The molecule has 0 radical (unpaired) electrons. The van der Waals surface area contributed by atoms with E-state index in [4.69, 9.17) is 4.74 Å². The van der Waals surface area contributed by atoms with E-state index < -0.39 is 0 Å². The van der Waals surface area contributed by atoms with Gasteiger partial charge in [0, 0.05) is 6.42 Å². The number of hydrogen-bond donors (Lipinski definition) is 1. The topological polar surface area (TPSA) is 47.5 Å². The molecule has 2 atom stereocenters. The van der Waals surface area contributed by atoms with Crippen molar-refractivity contribution in [1.82, 2.24) is 6.15 Å². The minimum Gasteiger partial charge on any atom is -0.366 e. The van der Waals surface area contributed by atoms with Crippen LogP contribution in [-0.4, -0.2) is 11.7 Å². The molecule has 1 aromatic carbocycles. The zero-order valence-electron chi connectivity index (χ0n) is 8.69. The molecule has 1 heterocycles. The maximum absolute atomic E-state index is 5.51. The second-order valence-corrected chi connectivity index (χ2v) is 3.74. The van der Waals surface area contributed by atoms with Gasteiger partial charge in [0.1, 0.15) is 0 Å². The summed E-state index contributed by atoms with van der Waals surface area (Å²) >= 11 is 0. The minimum atomic E-state index is 0. The van der Waals surface area contributed by atoms with E-state index in [2.05, 4.69) is 38.1 Å². The van der Waals surface area contributed by atoms with Crippen LogP contribution in [0, 0.1) is 0 Å². The highest BCUT2D eigenvalue weighted by atomic mass is 35.5. The monoisotopic (exact) mass is 215 g/mol. The van der Waals surface area contributed by atoms with Crippen molar-refractivity contribution < 1.29 is 4.74 Å². The first-order chi connectivity index (χ1) is 5.71. The average Bonchev–Trinajstić information content (AvgIpc) is 2.61. The molecule has 1 aliphatic rings. The van der Waals surface area contributed by atoms with Crippen molar-refractivity contribution in [3.05, 3.63) is 35.9 Å². The van der Waals surface area contributed by atoms with Gasteiger partial charge in [-0.3, -0.25) is 0 Å². The average molecular weight is 216 g/mol. The summed E-state index contributed by atoms with van der Waals surface area (Å²) in [4.78, 5) is 0. The highest BCUT2D eigenvalue weighted by molar-refractivity contribution is 5.85. The molecule has 0 aromatic heterocycles. The number of epoxide rings is 1. The molecule has 0 saturated carbocycles. The number of halogens is 1. The number of rotatable bonds is 2. The van der Waals surface area contributed by atoms with Crippen molar-refractivity contribution in [2.45, 2.75) is 32.0 Å². The van der Waals surface area contributed by atoms with Crippen molar-refractivity contribution in [2.75, 3.05) is 0 Å². The molecular weight excluding hydrogens is 198 g/mol. The summed E-state index contributed by atoms with van der Waals surface area (Å²) in [6.07, 6.45) is 1.47. The number of ether oxygens (including phenoxy) is 1. The molecule has 3 heteroatoms. The van der Waals surface area contributed by atoms with Crippen LogP contribution in [0.4, 0.5) is 0 Å². The summed E-state index contributed by atoms with van der Waals surface area (Å²) in [5.74, 6) is 0. The molecule has 2 rings (SSSR count). The predicted molar refractivity (Wildman–Crippen MR) is 61.4 cm³/mol. The fraction of sp³-hybridized carbons (Fsp3) is 0.455. The van der Waals surface area contributed by atoms with Crippen LogP contribution in [-0.2, 0) is 11.2 Å².